The number of hydrogen-bond acceptors (Lipinski definition) is 5. The molecule has 1 amide bonds. The Labute approximate surface area is 183 Å². The van der Waals surface area contributed by atoms with E-state index in [9.17, 15) is 4.79 Å². The maximum absolute atomic E-state index is 13.0. The Balaban J connectivity index is 1.32. The van der Waals surface area contributed by atoms with E-state index in [-0.39, 0.29) is 11.8 Å². The molecule has 0 bridgehead atoms. The van der Waals surface area contributed by atoms with Crippen LogP contribution in [0.15, 0.2) is 53.1 Å². The average molecular weight is 419 g/mol. The smallest absolute Gasteiger partial charge is 0.241 e. The lowest BCUT2D eigenvalue weighted by molar-refractivity contribution is -0.121. The fourth-order valence-corrected chi connectivity index (χ4v) is 4.20. The highest BCUT2D eigenvalue weighted by atomic mass is 16.5. The van der Waals surface area contributed by atoms with Crippen LogP contribution < -0.4 is 5.32 Å². The van der Waals surface area contributed by atoms with Crippen LogP contribution in [0.5, 0.6) is 0 Å². The molecule has 1 aliphatic heterocycles. The molecule has 4 rings (SSSR count). The molecule has 1 N–H and O–H groups in total. The van der Waals surface area contributed by atoms with Gasteiger partial charge in [0, 0.05) is 17.2 Å². The molecule has 2 aromatic carbocycles. The summed E-state index contributed by atoms with van der Waals surface area (Å²) in [6.45, 7) is 6.56. The summed E-state index contributed by atoms with van der Waals surface area (Å²) in [5, 5.41) is 7.34. The molecule has 0 aliphatic carbocycles. The third-order valence-electron chi connectivity index (χ3n) is 6.06. The van der Waals surface area contributed by atoms with E-state index in [4.69, 9.17) is 4.52 Å². The lowest BCUT2D eigenvalue weighted by atomic mass is 9.95. The first-order valence-electron chi connectivity index (χ1n) is 11.2. The van der Waals surface area contributed by atoms with Gasteiger partial charge in [-0.05, 0) is 49.9 Å². The number of benzene rings is 2. The zero-order chi connectivity index (χ0) is 21.6. The molecule has 31 heavy (non-hydrogen) atoms. The fourth-order valence-electron chi connectivity index (χ4n) is 4.20. The SMILES string of the molecule is CCc1cccc(CC)c1NC(=O)C1CCN(Cc2nc(-c3ccccc3)no2)CC1. The molecule has 1 fully saturated rings. The van der Waals surface area contributed by atoms with Crippen LogP contribution in [0.4, 0.5) is 5.69 Å². The largest absolute Gasteiger partial charge is 0.338 e. The summed E-state index contributed by atoms with van der Waals surface area (Å²) in [5.41, 5.74) is 4.37. The topological polar surface area (TPSA) is 71.3 Å². The highest BCUT2D eigenvalue weighted by Gasteiger charge is 2.27. The molecule has 162 valence electrons. The first-order valence-corrected chi connectivity index (χ1v) is 11.2. The molecule has 0 saturated carbocycles. The van der Waals surface area contributed by atoms with Crippen molar-refractivity contribution in [1.82, 2.24) is 15.0 Å². The predicted octanol–water partition coefficient (Wildman–Crippen LogP) is 4.71. The van der Waals surface area contributed by atoms with Crippen molar-refractivity contribution in [3.63, 3.8) is 0 Å². The van der Waals surface area contributed by atoms with Gasteiger partial charge in [0.05, 0.1) is 6.54 Å². The number of likely N-dealkylation sites (tertiary alicyclic amines) is 1. The van der Waals surface area contributed by atoms with Crippen LogP contribution in [-0.4, -0.2) is 34.0 Å². The van der Waals surface area contributed by atoms with Gasteiger partial charge in [0.25, 0.3) is 0 Å². The number of amides is 1. The van der Waals surface area contributed by atoms with Crippen molar-refractivity contribution in [3.05, 3.63) is 65.5 Å². The van der Waals surface area contributed by atoms with Gasteiger partial charge in [0.1, 0.15) is 0 Å². The first kappa shape index (κ1) is 21.2. The Morgan fingerprint density at radius 2 is 1.71 bits per heavy atom. The number of piperidine rings is 1. The summed E-state index contributed by atoms with van der Waals surface area (Å²) < 4.78 is 5.44. The van der Waals surface area contributed by atoms with E-state index in [0.29, 0.717) is 18.3 Å². The minimum atomic E-state index is 0.0356. The van der Waals surface area contributed by atoms with E-state index in [1.54, 1.807) is 0 Å². The summed E-state index contributed by atoms with van der Waals surface area (Å²) in [5.74, 6) is 1.41. The maximum atomic E-state index is 13.0. The van der Waals surface area contributed by atoms with Crippen molar-refractivity contribution in [1.29, 1.82) is 0 Å². The fraction of sp³-hybridized carbons (Fsp3) is 0.400. The predicted molar refractivity (Wildman–Crippen MR) is 122 cm³/mol. The second-order valence-electron chi connectivity index (χ2n) is 8.08. The van der Waals surface area contributed by atoms with Crippen molar-refractivity contribution in [3.8, 4) is 11.4 Å². The van der Waals surface area contributed by atoms with Gasteiger partial charge in [-0.1, -0.05) is 67.5 Å². The normalized spacial score (nSPS) is 15.2. The Morgan fingerprint density at radius 3 is 2.35 bits per heavy atom. The molecule has 0 radical (unpaired) electrons. The monoisotopic (exact) mass is 418 g/mol. The van der Waals surface area contributed by atoms with Gasteiger partial charge in [0.15, 0.2) is 0 Å². The van der Waals surface area contributed by atoms with Gasteiger partial charge >= 0.3 is 0 Å². The van der Waals surface area contributed by atoms with Crippen LogP contribution in [0.2, 0.25) is 0 Å². The molecule has 1 saturated heterocycles. The molecule has 2 heterocycles. The maximum Gasteiger partial charge on any atom is 0.241 e. The quantitative estimate of drug-likeness (QED) is 0.602. The summed E-state index contributed by atoms with van der Waals surface area (Å²) >= 11 is 0. The van der Waals surface area contributed by atoms with E-state index in [1.807, 2.05) is 30.3 Å². The first-order chi connectivity index (χ1) is 15.2. The molecule has 6 heteroatoms. The zero-order valence-electron chi connectivity index (χ0n) is 18.3. The summed E-state index contributed by atoms with van der Waals surface area (Å²) in [4.78, 5) is 19.8. The number of hydrogen-bond donors (Lipinski definition) is 1. The van der Waals surface area contributed by atoms with E-state index < -0.39 is 0 Å². The van der Waals surface area contributed by atoms with Crippen LogP contribution in [-0.2, 0) is 24.2 Å². The minimum absolute atomic E-state index is 0.0356. The van der Waals surface area contributed by atoms with E-state index in [0.717, 1.165) is 50.0 Å². The number of para-hydroxylation sites is 1. The Hall–Kier alpha value is -2.99. The Kier molecular flexibility index (Phi) is 6.77. The lowest BCUT2D eigenvalue weighted by Crippen LogP contribution is -2.38. The highest BCUT2D eigenvalue weighted by molar-refractivity contribution is 5.94. The molecule has 0 spiro atoms. The van der Waals surface area contributed by atoms with Crippen LogP contribution in [0.1, 0.15) is 43.7 Å². The third-order valence-corrected chi connectivity index (χ3v) is 6.06. The van der Waals surface area contributed by atoms with Crippen molar-refractivity contribution in [2.24, 2.45) is 5.92 Å². The number of rotatable bonds is 7. The third kappa shape index (κ3) is 5.02. The van der Waals surface area contributed by atoms with E-state index in [2.05, 4.69) is 52.4 Å². The van der Waals surface area contributed by atoms with Crippen LogP contribution in [0.3, 0.4) is 0 Å². The number of nitrogens with one attached hydrogen (secondary N) is 1. The highest BCUT2D eigenvalue weighted by Crippen LogP contribution is 2.26. The molecule has 6 nitrogen and oxygen atoms in total. The number of carbonyl (C=O) groups is 1. The number of anilines is 1. The van der Waals surface area contributed by atoms with Gasteiger partial charge < -0.3 is 9.84 Å². The molecule has 1 aromatic heterocycles. The van der Waals surface area contributed by atoms with E-state index in [1.165, 1.54) is 11.1 Å². The second kappa shape index (κ2) is 9.88. The number of nitrogens with zero attached hydrogens (tertiary/aromatic N) is 3. The molecule has 3 aromatic rings. The van der Waals surface area contributed by atoms with Crippen molar-refractivity contribution in [2.45, 2.75) is 46.1 Å². The zero-order valence-corrected chi connectivity index (χ0v) is 18.3. The van der Waals surface area contributed by atoms with Gasteiger partial charge in [-0.3, -0.25) is 9.69 Å². The van der Waals surface area contributed by atoms with Crippen LogP contribution in [0.25, 0.3) is 11.4 Å². The lowest BCUT2D eigenvalue weighted by Gasteiger charge is -2.30. The molecule has 0 unspecified atom stereocenters. The second-order valence-corrected chi connectivity index (χ2v) is 8.08. The standard InChI is InChI=1S/C25H30N4O2/c1-3-18-11-8-12-19(4-2)23(18)27-25(30)21-13-15-29(16-14-21)17-22-26-24(28-31-22)20-9-6-5-7-10-20/h5-12,21H,3-4,13-17H2,1-2H3,(H,27,30). The molecular formula is C25H30N4O2. The Bertz CT molecular complexity index is 985. The van der Waals surface area contributed by atoms with E-state index >= 15 is 0 Å². The Morgan fingerprint density at radius 1 is 1.03 bits per heavy atom. The van der Waals surface area contributed by atoms with Crippen molar-refractivity contribution < 1.29 is 9.32 Å². The van der Waals surface area contributed by atoms with Crippen LogP contribution in [0, 0.1) is 5.92 Å². The van der Waals surface area contributed by atoms with Crippen molar-refractivity contribution >= 4 is 11.6 Å². The van der Waals surface area contributed by atoms with Gasteiger partial charge in [0.2, 0.25) is 17.6 Å². The summed E-state index contributed by atoms with van der Waals surface area (Å²) in [7, 11) is 0. The molecular weight excluding hydrogens is 388 g/mol. The number of aromatic nitrogens is 2. The van der Waals surface area contributed by atoms with Crippen LogP contribution >= 0.6 is 0 Å². The van der Waals surface area contributed by atoms with Crippen molar-refractivity contribution in [2.75, 3.05) is 18.4 Å². The summed E-state index contributed by atoms with van der Waals surface area (Å²) in [6.07, 6.45) is 3.50. The number of aryl methyl sites for hydroxylation is 2. The molecule has 0 atom stereocenters. The summed E-state index contributed by atoms with van der Waals surface area (Å²) in [6, 6.07) is 16.1. The molecule has 1 aliphatic rings. The van der Waals surface area contributed by atoms with Gasteiger partial charge in [-0.25, -0.2) is 0 Å². The number of carbonyl (C=O) groups excluding carboxylic acids is 1. The minimum Gasteiger partial charge on any atom is -0.338 e. The van der Waals surface area contributed by atoms with Gasteiger partial charge in [-0.2, -0.15) is 4.98 Å². The van der Waals surface area contributed by atoms with Gasteiger partial charge in [-0.15, -0.1) is 0 Å². The average Bonchev–Trinajstić information content (AvgIpc) is 3.28.